The maximum atomic E-state index is 11.9. The molecule has 0 bridgehead atoms. The number of nitrogens with one attached hydrogen (secondary N) is 1. The number of aromatic nitrogens is 2. The van der Waals surface area contributed by atoms with E-state index < -0.39 is 0 Å². The van der Waals surface area contributed by atoms with Crippen molar-refractivity contribution in [1.29, 1.82) is 5.26 Å². The zero-order valence-corrected chi connectivity index (χ0v) is 11.1. The fourth-order valence-electron chi connectivity index (χ4n) is 2.00. The smallest absolute Gasteiger partial charge is 0.271 e. The van der Waals surface area contributed by atoms with Crippen LogP contribution in [0.4, 0.5) is 0 Å². The number of rotatable bonds is 4. The van der Waals surface area contributed by atoms with Gasteiger partial charge in [-0.25, -0.2) is 4.98 Å². The number of aromatic amines is 1. The third-order valence-corrected chi connectivity index (χ3v) is 2.90. The normalized spacial score (nSPS) is 12.5. The van der Waals surface area contributed by atoms with Crippen LogP contribution in [0.1, 0.15) is 12.6 Å². The molecule has 98 valence electrons. The summed E-state index contributed by atoms with van der Waals surface area (Å²) in [5, 5.41) is 8.79. The van der Waals surface area contributed by atoms with Crippen LogP contribution in [0.25, 0.3) is 11.0 Å². The monoisotopic (exact) mass is 256 g/mol. The molecule has 0 saturated carbocycles. The number of nitrogens with zero attached hydrogens (tertiary/aromatic N) is 3. The van der Waals surface area contributed by atoms with E-state index >= 15 is 0 Å². The molecule has 5 nitrogen and oxygen atoms in total. The molecule has 0 spiro atoms. The Kier molecular flexibility index (Phi) is 3.93. The van der Waals surface area contributed by atoms with Crippen molar-refractivity contribution in [3.8, 4) is 6.07 Å². The Balaban J connectivity index is 2.23. The van der Waals surface area contributed by atoms with Crippen molar-refractivity contribution in [1.82, 2.24) is 14.9 Å². The van der Waals surface area contributed by atoms with Gasteiger partial charge in [-0.2, -0.15) is 5.26 Å². The SMILES string of the molecule is CC(C#N)CN(C)Cc1nc2ccccc2[nH]c1=O. The predicted molar refractivity (Wildman–Crippen MR) is 73.5 cm³/mol. The summed E-state index contributed by atoms with van der Waals surface area (Å²) in [6.45, 7) is 2.91. The van der Waals surface area contributed by atoms with E-state index in [1.165, 1.54) is 0 Å². The van der Waals surface area contributed by atoms with Crippen LogP contribution >= 0.6 is 0 Å². The summed E-state index contributed by atoms with van der Waals surface area (Å²) in [7, 11) is 1.88. The average molecular weight is 256 g/mol. The quantitative estimate of drug-likeness (QED) is 0.900. The van der Waals surface area contributed by atoms with Crippen molar-refractivity contribution in [2.75, 3.05) is 13.6 Å². The number of hydrogen-bond donors (Lipinski definition) is 1. The van der Waals surface area contributed by atoms with Gasteiger partial charge in [-0.05, 0) is 26.1 Å². The van der Waals surface area contributed by atoms with E-state index in [-0.39, 0.29) is 11.5 Å². The van der Waals surface area contributed by atoms with Crippen LogP contribution in [0.3, 0.4) is 0 Å². The topological polar surface area (TPSA) is 72.8 Å². The van der Waals surface area contributed by atoms with Gasteiger partial charge in [-0.15, -0.1) is 0 Å². The molecular weight excluding hydrogens is 240 g/mol. The van der Waals surface area contributed by atoms with Crippen molar-refractivity contribution in [3.63, 3.8) is 0 Å². The number of H-pyrrole nitrogens is 1. The maximum absolute atomic E-state index is 11.9. The zero-order chi connectivity index (χ0) is 13.8. The third kappa shape index (κ3) is 3.18. The molecule has 1 aromatic heterocycles. The van der Waals surface area contributed by atoms with Gasteiger partial charge < -0.3 is 4.98 Å². The lowest BCUT2D eigenvalue weighted by molar-refractivity contribution is 0.298. The van der Waals surface area contributed by atoms with Gasteiger partial charge >= 0.3 is 0 Å². The van der Waals surface area contributed by atoms with E-state index in [1.807, 2.05) is 43.1 Å². The average Bonchev–Trinajstić information content (AvgIpc) is 2.39. The molecule has 1 heterocycles. The number of hydrogen-bond acceptors (Lipinski definition) is 4. The van der Waals surface area contributed by atoms with E-state index in [9.17, 15) is 4.79 Å². The molecule has 0 amide bonds. The summed E-state index contributed by atoms with van der Waals surface area (Å²) < 4.78 is 0. The minimum absolute atomic E-state index is 0.0652. The lowest BCUT2D eigenvalue weighted by Crippen LogP contribution is -2.28. The second-order valence-corrected chi connectivity index (χ2v) is 4.76. The van der Waals surface area contributed by atoms with E-state index in [1.54, 1.807) is 0 Å². The van der Waals surface area contributed by atoms with Crippen LogP contribution in [0.2, 0.25) is 0 Å². The molecule has 2 aromatic rings. The zero-order valence-electron chi connectivity index (χ0n) is 11.1. The van der Waals surface area contributed by atoms with Gasteiger partial charge in [0.15, 0.2) is 0 Å². The highest BCUT2D eigenvalue weighted by molar-refractivity contribution is 5.73. The Labute approximate surface area is 111 Å². The van der Waals surface area contributed by atoms with Crippen molar-refractivity contribution < 1.29 is 0 Å². The highest BCUT2D eigenvalue weighted by Crippen LogP contribution is 2.07. The molecule has 0 radical (unpaired) electrons. The Morgan fingerprint density at radius 2 is 2.21 bits per heavy atom. The first-order valence-electron chi connectivity index (χ1n) is 6.16. The van der Waals surface area contributed by atoms with Crippen LogP contribution in [0, 0.1) is 17.2 Å². The molecule has 1 unspecified atom stereocenters. The summed E-state index contributed by atoms with van der Waals surface area (Å²) >= 11 is 0. The highest BCUT2D eigenvalue weighted by atomic mass is 16.1. The summed E-state index contributed by atoms with van der Waals surface area (Å²) in [4.78, 5) is 21.0. The predicted octanol–water partition coefficient (Wildman–Crippen LogP) is 1.51. The Hall–Kier alpha value is -2.19. The second kappa shape index (κ2) is 5.63. The van der Waals surface area contributed by atoms with Crippen molar-refractivity contribution in [2.24, 2.45) is 5.92 Å². The van der Waals surface area contributed by atoms with E-state index in [2.05, 4.69) is 16.0 Å². The highest BCUT2D eigenvalue weighted by Gasteiger charge is 2.10. The number of nitriles is 1. The first kappa shape index (κ1) is 13.2. The van der Waals surface area contributed by atoms with Crippen LogP contribution in [0.15, 0.2) is 29.1 Å². The molecule has 0 fully saturated rings. The first-order chi connectivity index (χ1) is 9.10. The fraction of sp³-hybridized carbons (Fsp3) is 0.357. The molecule has 0 aliphatic rings. The lowest BCUT2D eigenvalue weighted by atomic mass is 10.2. The maximum Gasteiger partial charge on any atom is 0.271 e. The Bertz CT molecular complexity index is 671. The molecule has 1 N–H and O–H groups in total. The summed E-state index contributed by atoms with van der Waals surface area (Å²) in [5.74, 6) is -0.0652. The first-order valence-corrected chi connectivity index (χ1v) is 6.16. The second-order valence-electron chi connectivity index (χ2n) is 4.76. The molecule has 2 rings (SSSR count). The summed E-state index contributed by atoms with van der Waals surface area (Å²) in [6, 6.07) is 9.62. The molecule has 5 heteroatoms. The molecular formula is C14H16N4O. The van der Waals surface area contributed by atoms with Crippen LogP contribution < -0.4 is 5.56 Å². The van der Waals surface area contributed by atoms with Gasteiger partial charge in [0.05, 0.1) is 23.0 Å². The van der Waals surface area contributed by atoms with E-state index in [0.717, 1.165) is 11.0 Å². The van der Waals surface area contributed by atoms with Crippen LogP contribution in [0.5, 0.6) is 0 Å². The summed E-state index contributed by atoms with van der Waals surface area (Å²) in [5.41, 5.74) is 1.82. The number of para-hydroxylation sites is 2. The van der Waals surface area contributed by atoms with Gasteiger partial charge in [0.1, 0.15) is 5.69 Å². The standard InChI is InChI=1S/C14H16N4O/c1-10(7-15)8-18(2)9-13-14(19)17-12-6-4-3-5-11(12)16-13/h3-6,10H,8-9H2,1-2H3,(H,17,19). The Morgan fingerprint density at radius 1 is 1.47 bits per heavy atom. The molecule has 1 aromatic carbocycles. The van der Waals surface area contributed by atoms with E-state index in [0.29, 0.717) is 18.8 Å². The van der Waals surface area contributed by atoms with Crippen molar-refractivity contribution >= 4 is 11.0 Å². The number of benzene rings is 1. The number of fused-ring (bicyclic) bond motifs is 1. The summed E-state index contributed by atoms with van der Waals surface area (Å²) in [6.07, 6.45) is 0. The third-order valence-electron chi connectivity index (χ3n) is 2.90. The van der Waals surface area contributed by atoms with E-state index in [4.69, 9.17) is 5.26 Å². The minimum atomic E-state index is -0.171. The molecule has 19 heavy (non-hydrogen) atoms. The van der Waals surface area contributed by atoms with Crippen molar-refractivity contribution in [3.05, 3.63) is 40.3 Å². The molecule has 0 aliphatic carbocycles. The molecule has 1 atom stereocenters. The van der Waals surface area contributed by atoms with Gasteiger partial charge in [-0.1, -0.05) is 12.1 Å². The van der Waals surface area contributed by atoms with Gasteiger partial charge in [0.25, 0.3) is 5.56 Å². The fourth-order valence-corrected chi connectivity index (χ4v) is 2.00. The molecule has 0 saturated heterocycles. The minimum Gasteiger partial charge on any atom is -0.319 e. The van der Waals surface area contributed by atoms with Crippen LogP contribution in [-0.2, 0) is 6.54 Å². The Morgan fingerprint density at radius 3 is 2.95 bits per heavy atom. The lowest BCUT2D eigenvalue weighted by Gasteiger charge is -2.16. The largest absolute Gasteiger partial charge is 0.319 e. The van der Waals surface area contributed by atoms with Gasteiger partial charge in [0, 0.05) is 13.1 Å². The van der Waals surface area contributed by atoms with Crippen molar-refractivity contribution in [2.45, 2.75) is 13.5 Å². The van der Waals surface area contributed by atoms with Gasteiger partial charge in [-0.3, -0.25) is 9.69 Å². The van der Waals surface area contributed by atoms with Crippen LogP contribution in [-0.4, -0.2) is 28.5 Å². The molecule has 0 aliphatic heterocycles. The van der Waals surface area contributed by atoms with Gasteiger partial charge in [0.2, 0.25) is 0 Å².